The number of benzene rings is 3. The summed E-state index contributed by atoms with van der Waals surface area (Å²) in [4.78, 5) is 3.59. The molecule has 4 rings (SSSR count). The Balaban J connectivity index is 1.77. The molecule has 0 saturated carbocycles. The molecule has 0 amide bonds. The molecule has 0 aliphatic carbocycles. The van der Waals surface area contributed by atoms with E-state index in [4.69, 9.17) is 0 Å². The Bertz CT molecular complexity index is 901. The number of hydrogen-bond donors (Lipinski definition) is 0. The Morgan fingerprint density at radius 3 is 1.72 bits per heavy atom. The average molecular weight is 341 g/mol. The van der Waals surface area contributed by atoms with Crippen molar-refractivity contribution in [1.29, 1.82) is 0 Å². The molecular weight excluding hydrogens is 322 g/mol. The van der Waals surface area contributed by atoms with Gasteiger partial charge in [0, 0.05) is 16.3 Å². The maximum Gasteiger partial charge on any atom is 0.101 e. The van der Waals surface area contributed by atoms with Gasteiger partial charge in [-0.3, -0.25) is 0 Å². The lowest BCUT2D eigenvalue weighted by Crippen LogP contribution is -2.07. The zero-order valence-corrected chi connectivity index (χ0v) is 14.9. The molecule has 0 fully saturated rings. The standard InChI is InChI=1S/C23H19NS/c1-18-12-14-19(15-13-18)22-16-17-23(25-22)24(20-8-4-2-5-9-20)21-10-6-3-7-11-21/h2-17H,1H3. The van der Waals surface area contributed by atoms with Gasteiger partial charge in [-0.15, -0.1) is 11.3 Å². The second kappa shape index (κ2) is 6.96. The van der Waals surface area contributed by atoms with E-state index in [1.807, 2.05) is 11.3 Å². The van der Waals surface area contributed by atoms with Crippen molar-refractivity contribution in [1.82, 2.24) is 0 Å². The van der Waals surface area contributed by atoms with Crippen molar-refractivity contribution in [3.8, 4) is 10.4 Å². The third-order valence-corrected chi connectivity index (χ3v) is 5.30. The highest BCUT2D eigenvalue weighted by Gasteiger charge is 2.14. The molecule has 0 aliphatic rings. The minimum Gasteiger partial charge on any atom is -0.302 e. The first-order valence-electron chi connectivity index (χ1n) is 8.38. The predicted molar refractivity (Wildman–Crippen MR) is 109 cm³/mol. The molecule has 0 spiro atoms. The maximum absolute atomic E-state index is 2.31. The minimum absolute atomic E-state index is 1.17. The predicted octanol–water partition coefficient (Wildman–Crippen LogP) is 7.19. The van der Waals surface area contributed by atoms with Gasteiger partial charge in [0.1, 0.15) is 5.00 Å². The normalized spacial score (nSPS) is 10.6. The highest BCUT2D eigenvalue weighted by atomic mass is 32.1. The zero-order chi connectivity index (χ0) is 17.1. The van der Waals surface area contributed by atoms with Crippen LogP contribution in [0.3, 0.4) is 0 Å². The molecule has 1 aromatic heterocycles. The molecule has 0 atom stereocenters. The van der Waals surface area contributed by atoms with E-state index in [-0.39, 0.29) is 0 Å². The number of nitrogens with zero attached hydrogens (tertiary/aromatic N) is 1. The third-order valence-electron chi connectivity index (χ3n) is 4.18. The summed E-state index contributed by atoms with van der Waals surface area (Å²) in [5.41, 5.74) is 4.90. The lowest BCUT2D eigenvalue weighted by Gasteiger charge is -2.23. The van der Waals surface area contributed by atoms with Gasteiger partial charge < -0.3 is 4.90 Å². The summed E-state index contributed by atoms with van der Waals surface area (Å²) < 4.78 is 0. The van der Waals surface area contributed by atoms with E-state index in [9.17, 15) is 0 Å². The van der Waals surface area contributed by atoms with Crippen LogP contribution in [0.5, 0.6) is 0 Å². The van der Waals surface area contributed by atoms with Crippen LogP contribution in [0, 0.1) is 6.92 Å². The van der Waals surface area contributed by atoms with E-state index in [0.717, 1.165) is 0 Å². The van der Waals surface area contributed by atoms with E-state index in [0.29, 0.717) is 0 Å². The van der Waals surface area contributed by atoms with Crippen molar-refractivity contribution in [2.75, 3.05) is 4.90 Å². The van der Waals surface area contributed by atoms with Gasteiger partial charge in [-0.1, -0.05) is 66.2 Å². The highest BCUT2D eigenvalue weighted by molar-refractivity contribution is 7.19. The van der Waals surface area contributed by atoms with Crippen LogP contribution >= 0.6 is 11.3 Å². The van der Waals surface area contributed by atoms with Crippen LogP contribution < -0.4 is 4.90 Å². The van der Waals surface area contributed by atoms with Gasteiger partial charge in [0.15, 0.2) is 0 Å². The summed E-state index contributed by atoms with van der Waals surface area (Å²) in [7, 11) is 0. The molecule has 2 heteroatoms. The molecule has 1 nitrogen and oxygen atoms in total. The van der Waals surface area contributed by atoms with Crippen molar-refractivity contribution >= 4 is 27.7 Å². The Morgan fingerprint density at radius 1 is 0.600 bits per heavy atom. The van der Waals surface area contributed by atoms with Crippen LogP contribution in [0.25, 0.3) is 10.4 Å². The van der Waals surface area contributed by atoms with Crippen LogP contribution in [0.2, 0.25) is 0 Å². The van der Waals surface area contributed by atoms with Crippen LogP contribution in [0.15, 0.2) is 97.1 Å². The van der Waals surface area contributed by atoms with Gasteiger partial charge in [-0.2, -0.15) is 0 Å². The third kappa shape index (κ3) is 3.35. The largest absolute Gasteiger partial charge is 0.302 e. The van der Waals surface area contributed by atoms with E-state index >= 15 is 0 Å². The number of para-hydroxylation sites is 2. The van der Waals surface area contributed by atoms with Crippen LogP contribution in [-0.4, -0.2) is 0 Å². The fraction of sp³-hybridized carbons (Fsp3) is 0.0435. The second-order valence-corrected chi connectivity index (χ2v) is 7.07. The monoisotopic (exact) mass is 341 g/mol. The van der Waals surface area contributed by atoms with Crippen LogP contribution in [0.4, 0.5) is 16.4 Å². The van der Waals surface area contributed by atoms with Gasteiger partial charge in [-0.25, -0.2) is 0 Å². The first-order chi connectivity index (χ1) is 12.3. The minimum atomic E-state index is 1.17. The molecule has 4 aromatic rings. The molecule has 0 unspecified atom stereocenters. The van der Waals surface area contributed by atoms with Gasteiger partial charge in [0.05, 0.1) is 0 Å². The lowest BCUT2D eigenvalue weighted by atomic mass is 10.1. The Labute approximate surface area is 152 Å². The Morgan fingerprint density at radius 2 is 1.16 bits per heavy atom. The summed E-state index contributed by atoms with van der Waals surface area (Å²) >= 11 is 1.82. The SMILES string of the molecule is Cc1ccc(-c2ccc(N(c3ccccc3)c3ccccc3)s2)cc1. The zero-order valence-electron chi connectivity index (χ0n) is 14.1. The van der Waals surface area contributed by atoms with Crippen LogP contribution in [-0.2, 0) is 0 Å². The Kier molecular flexibility index (Phi) is 4.36. The molecule has 3 aromatic carbocycles. The first-order valence-corrected chi connectivity index (χ1v) is 9.20. The van der Waals surface area contributed by atoms with E-state index < -0.39 is 0 Å². The molecule has 0 N–H and O–H groups in total. The fourth-order valence-electron chi connectivity index (χ4n) is 2.88. The first kappa shape index (κ1) is 15.7. The molecular formula is C23H19NS. The molecule has 1 heterocycles. The highest BCUT2D eigenvalue weighted by Crippen LogP contribution is 2.41. The van der Waals surface area contributed by atoms with Crippen molar-refractivity contribution in [2.45, 2.75) is 6.92 Å². The summed E-state index contributed by atoms with van der Waals surface area (Å²) in [6.45, 7) is 2.12. The van der Waals surface area contributed by atoms with Gasteiger partial charge in [-0.05, 0) is 48.9 Å². The quantitative estimate of drug-likeness (QED) is 0.379. The molecule has 25 heavy (non-hydrogen) atoms. The maximum atomic E-state index is 2.31. The number of hydrogen-bond acceptors (Lipinski definition) is 2. The number of anilines is 3. The summed E-state index contributed by atoms with van der Waals surface area (Å²) in [6, 6.07) is 34.2. The summed E-state index contributed by atoms with van der Waals surface area (Å²) in [6.07, 6.45) is 0. The second-order valence-electron chi connectivity index (χ2n) is 6.01. The molecule has 0 aliphatic heterocycles. The molecule has 0 radical (unpaired) electrons. The van der Waals surface area contributed by atoms with Crippen molar-refractivity contribution < 1.29 is 0 Å². The topological polar surface area (TPSA) is 3.24 Å². The van der Waals surface area contributed by atoms with E-state index in [2.05, 4.69) is 109 Å². The van der Waals surface area contributed by atoms with E-state index in [1.165, 1.54) is 32.4 Å². The summed E-state index contributed by atoms with van der Waals surface area (Å²) in [5, 5.41) is 1.22. The van der Waals surface area contributed by atoms with E-state index in [1.54, 1.807) is 0 Å². The molecule has 0 bridgehead atoms. The van der Waals surface area contributed by atoms with Crippen LogP contribution in [0.1, 0.15) is 5.56 Å². The van der Waals surface area contributed by atoms with Crippen molar-refractivity contribution in [3.63, 3.8) is 0 Å². The van der Waals surface area contributed by atoms with Crippen molar-refractivity contribution in [3.05, 3.63) is 103 Å². The van der Waals surface area contributed by atoms with Gasteiger partial charge >= 0.3 is 0 Å². The molecule has 0 saturated heterocycles. The average Bonchev–Trinajstić information content (AvgIpc) is 3.14. The Hall–Kier alpha value is -2.84. The number of aryl methyl sites for hydroxylation is 1. The molecule has 122 valence electrons. The van der Waals surface area contributed by atoms with Crippen molar-refractivity contribution in [2.24, 2.45) is 0 Å². The lowest BCUT2D eigenvalue weighted by molar-refractivity contribution is 1.32. The number of rotatable bonds is 4. The number of thiophene rings is 1. The fourth-order valence-corrected chi connectivity index (χ4v) is 3.93. The smallest absolute Gasteiger partial charge is 0.101 e. The van der Waals surface area contributed by atoms with Gasteiger partial charge in [0.25, 0.3) is 0 Å². The summed E-state index contributed by atoms with van der Waals surface area (Å²) in [5.74, 6) is 0. The van der Waals surface area contributed by atoms with Gasteiger partial charge in [0.2, 0.25) is 0 Å².